The molecular formula is C20H16N2. The molecular weight excluding hydrogens is 268 g/mol. The van der Waals surface area contributed by atoms with E-state index in [1.807, 2.05) is 12.3 Å². The van der Waals surface area contributed by atoms with Gasteiger partial charge in [-0.05, 0) is 59.0 Å². The Morgan fingerprint density at radius 1 is 0.773 bits per heavy atom. The summed E-state index contributed by atoms with van der Waals surface area (Å²) in [5.74, 6) is 0.876. The van der Waals surface area contributed by atoms with E-state index >= 15 is 0 Å². The standard InChI is InChI=1S/C20H16N2/c1-14-9-10-21-20(11-14)22-19-8-4-7-17-12-15-5-2-3-6-16(15)13-18(17)19/h2-13H,1H3,(H,21,22). The number of aryl methyl sites for hydroxylation is 1. The van der Waals surface area contributed by atoms with Crippen LogP contribution in [0.5, 0.6) is 0 Å². The van der Waals surface area contributed by atoms with Crippen molar-refractivity contribution in [3.05, 3.63) is 78.5 Å². The number of nitrogens with one attached hydrogen (secondary N) is 1. The Morgan fingerprint density at radius 2 is 1.55 bits per heavy atom. The molecule has 0 aliphatic heterocycles. The van der Waals surface area contributed by atoms with Gasteiger partial charge in [-0.3, -0.25) is 0 Å². The van der Waals surface area contributed by atoms with Gasteiger partial charge >= 0.3 is 0 Å². The molecule has 1 aromatic heterocycles. The molecule has 3 aromatic carbocycles. The molecule has 22 heavy (non-hydrogen) atoms. The molecule has 4 rings (SSSR count). The lowest BCUT2D eigenvalue weighted by Gasteiger charge is -2.11. The summed E-state index contributed by atoms with van der Waals surface area (Å²) in [5, 5.41) is 8.40. The zero-order valence-corrected chi connectivity index (χ0v) is 12.4. The maximum Gasteiger partial charge on any atom is 0.130 e. The first-order chi connectivity index (χ1) is 10.8. The number of benzene rings is 3. The average Bonchev–Trinajstić information content (AvgIpc) is 2.53. The Bertz CT molecular complexity index is 973. The molecule has 106 valence electrons. The molecule has 0 saturated heterocycles. The van der Waals surface area contributed by atoms with Crippen molar-refractivity contribution in [2.75, 3.05) is 5.32 Å². The number of rotatable bonds is 2. The molecule has 0 aliphatic rings. The van der Waals surface area contributed by atoms with Crippen LogP contribution in [0, 0.1) is 6.92 Å². The van der Waals surface area contributed by atoms with Crippen LogP contribution in [0.1, 0.15) is 5.56 Å². The lowest BCUT2D eigenvalue weighted by atomic mass is 10.0. The highest BCUT2D eigenvalue weighted by Crippen LogP contribution is 2.30. The van der Waals surface area contributed by atoms with Crippen LogP contribution in [0.2, 0.25) is 0 Å². The van der Waals surface area contributed by atoms with Gasteiger partial charge in [0.05, 0.1) is 0 Å². The molecule has 0 spiro atoms. The van der Waals surface area contributed by atoms with Crippen LogP contribution in [0.4, 0.5) is 11.5 Å². The fraction of sp³-hybridized carbons (Fsp3) is 0.0500. The summed E-state index contributed by atoms with van der Waals surface area (Å²) in [6.07, 6.45) is 1.83. The summed E-state index contributed by atoms with van der Waals surface area (Å²) in [4.78, 5) is 4.39. The van der Waals surface area contributed by atoms with E-state index in [9.17, 15) is 0 Å². The van der Waals surface area contributed by atoms with Crippen LogP contribution < -0.4 is 5.32 Å². The number of fused-ring (bicyclic) bond motifs is 2. The third kappa shape index (κ3) is 2.29. The molecule has 0 amide bonds. The van der Waals surface area contributed by atoms with Gasteiger partial charge in [0, 0.05) is 17.3 Å². The smallest absolute Gasteiger partial charge is 0.130 e. The van der Waals surface area contributed by atoms with Gasteiger partial charge in [-0.15, -0.1) is 0 Å². The van der Waals surface area contributed by atoms with E-state index in [0.717, 1.165) is 11.5 Å². The Labute approximate surface area is 129 Å². The minimum Gasteiger partial charge on any atom is -0.340 e. The minimum absolute atomic E-state index is 0.876. The summed E-state index contributed by atoms with van der Waals surface area (Å²) >= 11 is 0. The van der Waals surface area contributed by atoms with Crippen molar-refractivity contribution in [3.8, 4) is 0 Å². The third-order valence-electron chi connectivity index (χ3n) is 3.92. The second-order valence-electron chi connectivity index (χ2n) is 5.57. The van der Waals surface area contributed by atoms with Crippen molar-refractivity contribution in [1.82, 2.24) is 4.98 Å². The molecule has 0 fully saturated rings. The van der Waals surface area contributed by atoms with E-state index in [2.05, 4.69) is 77.9 Å². The highest BCUT2D eigenvalue weighted by Gasteiger charge is 2.04. The van der Waals surface area contributed by atoms with E-state index in [0.29, 0.717) is 0 Å². The summed E-state index contributed by atoms with van der Waals surface area (Å²) in [5.41, 5.74) is 2.28. The van der Waals surface area contributed by atoms with Crippen LogP contribution in [0.15, 0.2) is 72.9 Å². The van der Waals surface area contributed by atoms with Gasteiger partial charge in [0.1, 0.15) is 5.82 Å². The van der Waals surface area contributed by atoms with Gasteiger partial charge in [-0.25, -0.2) is 4.98 Å². The predicted molar refractivity (Wildman–Crippen MR) is 93.7 cm³/mol. The maximum atomic E-state index is 4.39. The summed E-state index contributed by atoms with van der Waals surface area (Å²) < 4.78 is 0. The largest absolute Gasteiger partial charge is 0.340 e. The Morgan fingerprint density at radius 3 is 2.36 bits per heavy atom. The molecule has 4 aromatic rings. The first-order valence-electron chi connectivity index (χ1n) is 7.41. The second kappa shape index (κ2) is 5.15. The Hall–Kier alpha value is -2.87. The van der Waals surface area contributed by atoms with Crippen LogP contribution in [0.3, 0.4) is 0 Å². The topological polar surface area (TPSA) is 24.9 Å². The molecule has 0 unspecified atom stereocenters. The minimum atomic E-state index is 0.876. The average molecular weight is 284 g/mol. The molecule has 0 aliphatic carbocycles. The second-order valence-corrected chi connectivity index (χ2v) is 5.57. The lowest BCUT2D eigenvalue weighted by Crippen LogP contribution is -1.94. The Balaban J connectivity index is 1.88. The van der Waals surface area contributed by atoms with Crippen LogP contribution >= 0.6 is 0 Å². The van der Waals surface area contributed by atoms with Gasteiger partial charge in [0.15, 0.2) is 0 Å². The van der Waals surface area contributed by atoms with E-state index in [1.165, 1.54) is 27.1 Å². The molecule has 1 heterocycles. The molecule has 0 atom stereocenters. The maximum absolute atomic E-state index is 4.39. The SMILES string of the molecule is Cc1ccnc(Nc2cccc3cc4ccccc4cc23)c1. The monoisotopic (exact) mass is 284 g/mol. The first kappa shape index (κ1) is 12.8. The number of pyridine rings is 1. The lowest BCUT2D eigenvalue weighted by molar-refractivity contribution is 1.28. The van der Waals surface area contributed by atoms with Gasteiger partial charge < -0.3 is 5.32 Å². The zero-order valence-electron chi connectivity index (χ0n) is 12.4. The number of hydrogen-bond acceptors (Lipinski definition) is 2. The quantitative estimate of drug-likeness (QED) is 0.496. The molecule has 2 nitrogen and oxygen atoms in total. The van der Waals surface area contributed by atoms with Gasteiger partial charge in [0.2, 0.25) is 0 Å². The number of anilines is 2. The first-order valence-corrected chi connectivity index (χ1v) is 7.41. The number of nitrogens with zero attached hydrogens (tertiary/aromatic N) is 1. The summed E-state index contributed by atoms with van der Waals surface area (Å²) in [6.45, 7) is 2.07. The fourth-order valence-electron chi connectivity index (χ4n) is 2.82. The van der Waals surface area contributed by atoms with Crippen molar-refractivity contribution in [1.29, 1.82) is 0 Å². The predicted octanol–water partition coefficient (Wildman–Crippen LogP) is 5.44. The van der Waals surface area contributed by atoms with E-state index in [4.69, 9.17) is 0 Å². The van der Waals surface area contributed by atoms with E-state index in [1.54, 1.807) is 0 Å². The normalized spacial score (nSPS) is 11.0. The van der Waals surface area contributed by atoms with Gasteiger partial charge in [-0.1, -0.05) is 36.4 Å². The zero-order chi connectivity index (χ0) is 14.9. The Kier molecular flexibility index (Phi) is 3.01. The highest BCUT2D eigenvalue weighted by atomic mass is 15.0. The summed E-state index contributed by atoms with van der Waals surface area (Å²) in [6, 6.07) is 23.3. The molecule has 2 heteroatoms. The number of aromatic nitrogens is 1. The van der Waals surface area contributed by atoms with Crippen molar-refractivity contribution in [3.63, 3.8) is 0 Å². The molecule has 0 saturated carbocycles. The van der Waals surface area contributed by atoms with Crippen LogP contribution in [-0.2, 0) is 0 Å². The number of hydrogen-bond donors (Lipinski definition) is 1. The van der Waals surface area contributed by atoms with Crippen LogP contribution in [0.25, 0.3) is 21.5 Å². The van der Waals surface area contributed by atoms with Crippen molar-refractivity contribution in [2.24, 2.45) is 0 Å². The molecule has 0 bridgehead atoms. The summed E-state index contributed by atoms with van der Waals surface area (Å²) in [7, 11) is 0. The third-order valence-corrected chi connectivity index (χ3v) is 3.92. The van der Waals surface area contributed by atoms with Crippen molar-refractivity contribution >= 4 is 33.1 Å². The highest BCUT2D eigenvalue weighted by molar-refractivity contribution is 6.04. The van der Waals surface area contributed by atoms with E-state index in [-0.39, 0.29) is 0 Å². The van der Waals surface area contributed by atoms with Crippen LogP contribution in [-0.4, -0.2) is 4.98 Å². The van der Waals surface area contributed by atoms with Crippen molar-refractivity contribution in [2.45, 2.75) is 6.92 Å². The van der Waals surface area contributed by atoms with Gasteiger partial charge in [0.25, 0.3) is 0 Å². The fourth-order valence-corrected chi connectivity index (χ4v) is 2.82. The van der Waals surface area contributed by atoms with Gasteiger partial charge in [-0.2, -0.15) is 0 Å². The van der Waals surface area contributed by atoms with Crippen molar-refractivity contribution < 1.29 is 0 Å². The van der Waals surface area contributed by atoms with E-state index < -0.39 is 0 Å². The molecule has 0 radical (unpaired) electrons. The molecule has 1 N–H and O–H groups in total.